The van der Waals surface area contributed by atoms with Gasteiger partial charge in [0.15, 0.2) is 17.7 Å². The fourth-order valence-electron chi connectivity index (χ4n) is 3.32. The summed E-state index contributed by atoms with van der Waals surface area (Å²) >= 11 is 0. The zero-order valence-corrected chi connectivity index (χ0v) is 15.5. The smallest absolute Gasteiger partial charge is 0.226 e. The Bertz CT molecular complexity index is 994. The zero-order valence-electron chi connectivity index (χ0n) is 15.5. The van der Waals surface area contributed by atoms with Crippen molar-refractivity contribution < 1.29 is 20.1 Å². The minimum atomic E-state index is -1.25. The summed E-state index contributed by atoms with van der Waals surface area (Å²) in [6, 6.07) is 7.59. The molecule has 0 amide bonds. The second kappa shape index (κ2) is 7.79. The number of hydrogen-bond donors (Lipinski definition) is 6. The molecule has 1 fully saturated rings. The van der Waals surface area contributed by atoms with Gasteiger partial charge < -0.3 is 36.8 Å². The van der Waals surface area contributed by atoms with Crippen LogP contribution in [-0.4, -0.2) is 66.3 Å². The van der Waals surface area contributed by atoms with Crippen LogP contribution in [0.2, 0.25) is 0 Å². The first-order chi connectivity index (χ1) is 14.0. The number of anilines is 3. The molecule has 0 aliphatic carbocycles. The Morgan fingerprint density at radius 3 is 2.55 bits per heavy atom. The molecule has 3 aromatic rings. The van der Waals surface area contributed by atoms with E-state index in [1.807, 2.05) is 24.3 Å². The lowest BCUT2D eigenvalue weighted by atomic mass is 10.1. The monoisotopic (exact) mass is 401 g/mol. The summed E-state index contributed by atoms with van der Waals surface area (Å²) in [6.45, 7) is 0.146. The molecule has 1 aromatic carbocycles. The number of aromatic nitrogens is 4. The van der Waals surface area contributed by atoms with E-state index in [-0.39, 0.29) is 5.82 Å². The lowest BCUT2D eigenvalue weighted by molar-refractivity contribution is -0.0511. The van der Waals surface area contributed by atoms with E-state index in [1.165, 1.54) is 10.9 Å². The van der Waals surface area contributed by atoms with Gasteiger partial charge in [0.1, 0.15) is 23.8 Å². The quantitative estimate of drug-likeness (QED) is 0.288. The van der Waals surface area contributed by atoms with Crippen molar-refractivity contribution in [1.82, 2.24) is 19.5 Å². The molecule has 1 aliphatic heterocycles. The highest BCUT2D eigenvalue weighted by Gasteiger charge is 2.44. The van der Waals surface area contributed by atoms with Gasteiger partial charge in [0.25, 0.3) is 0 Å². The summed E-state index contributed by atoms with van der Waals surface area (Å²) in [5.41, 5.74) is 14.2. The van der Waals surface area contributed by atoms with Crippen LogP contribution < -0.4 is 16.8 Å². The van der Waals surface area contributed by atoms with E-state index >= 15 is 0 Å². The maximum Gasteiger partial charge on any atom is 0.226 e. The van der Waals surface area contributed by atoms with Crippen LogP contribution in [0.5, 0.6) is 0 Å². The molecule has 0 saturated carbocycles. The Morgan fingerprint density at radius 1 is 1.10 bits per heavy atom. The van der Waals surface area contributed by atoms with Crippen molar-refractivity contribution in [2.24, 2.45) is 0 Å². The minimum absolute atomic E-state index is 0.176. The minimum Gasteiger partial charge on any atom is -0.399 e. The van der Waals surface area contributed by atoms with Gasteiger partial charge in [-0.3, -0.25) is 4.57 Å². The maximum atomic E-state index is 10.3. The summed E-state index contributed by atoms with van der Waals surface area (Å²) in [7, 11) is 0. The number of benzene rings is 1. The molecule has 1 aliphatic rings. The van der Waals surface area contributed by atoms with Crippen LogP contribution in [0.1, 0.15) is 11.8 Å². The van der Waals surface area contributed by atoms with E-state index in [0.29, 0.717) is 29.3 Å². The highest BCUT2D eigenvalue weighted by Crippen LogP contribution is 2.32. The first kappa shape index (κ1) is 19.3. The number of imidazole rings is 1. The number of nitrogens with two attached hydrogens (primary N) is 2. The van der Waals surface area contributed by atoms with Crippen LogP contribution in [0.3, 0.4) is 0 Å². The third-order valence-corrected chi connectivity index (χ3v) is 4.92. The highest BCUT2D eigenvalue weighted by molar-refractivity contribution is 5.83. The molecule has 0 radical (unpaired) electrons. The average Bonchev–Trinajstić information content (AvgIpc) is 3.25. The Kier molecular flexibility index (Phi) is 5.20. The van der Waals surface area contributed by atoms with Crippen LogP contribution in [0.15, 0.2) is 30.6 Å². The lowest BCUT2D eigenvalue weighted by Crippen LogP contribution is -2.33. The SMILES string of the molecule is Nc1ccc(CCNc2nc(N)c3ncn(C4O[C@H](CO)[C@@H](O)[C@H]4O)c3n2)cc1. The van der Waals surface area contributed by atoms with E-state index in [9.17, 15) is 15.3 Å². The van der Waals surface area contributed by atoms with E-state index in [1.54, 1.807) is 0 Å². The Hall–Kier alpha value is -2.99. The van der Waals surface area contributed by atoms with Crippen molar-refractivity contribution in [3.63, 3.8) is 0 Å². The number of aliphatic hydroxyl groups is 3. The van der Waals surface area contributed by atoms with Gasteiger partial charge in [0.05, 0.1) is 12.9 Å². The molecule has 29 heavy (non-hydrogen) atoms. The van der Waals surface area contributed by atoms with Crippen molar-refractivity contribution in [3.05, 3.63) is 36.2 Å². The first-order valence-electron chi connectivity index (χ1n) is 9.18. The molecule has 3 heterocycles. The van der Waals surface area contributed by atoms with Crippen LogP contribution in [0.4, 0.5) is 17.5 Å². The molecule has 0 bridgehead atoms. The van der Waals surface area contributed by atoms with Gasteiger partial charge in [-0.2, -0.15) is 9.97 Å². The van der Waals surface area contributed by atoms with Crippen molar-refractivity contribution in [3.8, 4) is 0 Å². The molecule has 4 atom stereocenters. The van der Waals surface area contributed by atoms with Crippen molar-refractivity contribution in [1.29, 1.82) is 0 Å². The van der Waals surface area contributed by atoms with Gasteiger partial charge in [-0.05, 0) is 24.1 Å². The van der Waals surface area contributed by atoms with E-state index in [0.717, 1.165) is 12.0 Å². The molecule has 1 saturated heterocycles. The largest absolute Gasteiger partial charge is 0.399 e. The van der Waals surface area contributed by atoms with Crippen LogP contribution in [-0.2, 0) is 11.2 Å². The number of hydrogen-bond acceptors (Lipinski definition) is 10. The molecular weight excluding hydrogens is 378 g/mol. The molecule has 154 valence electrons. The molecule has 4 rings (SSSR count). The third-order valence-electron chi connectivity index (χ3n) is 4.92. The van der Waals surface area contributed by atoms with Crippen LogP contribution in [0.25, 0.3) is 11.2 Å². The molecule has 11 nitrogen and oxygen atoms in total. The van der Waals surface area contributed by atoms with Gasteiger partial charge in [0, 0.05) is 12.2 Å². The molecule has 0 spiro atoms. The average molecular weight is 401 g/mol. The number of nitrogens with one attached hydrogen (secondary N) is 1. The Morgan fingerprint density at radius 2 is 1.86 bits per heavy atom. The summed E-state index contributed by atoms with van der Waals surface area (Å²) < 4.78 is 7.03. The summed E-state index contributed by atoms with van der Waals surface area (Å²) in [6.07, 6.45) is -2.18. The fraction of sp³-hybridized carbons (Fsp3) is 0.389. The van der Waals surface area contributed by atoms with Crippen LogP contribution in [0, 0.1) is 0 Å². The zero-order chi connectivity index (χ0) is 20.5. The number of aliphatic hydroxyl groups excluding tert-OH is 3. The molecular formula is C18H23N7O4. The molecule has 2 aromatic heterocycles. The first-order valence-corrected chi connectivity index (χ1v) is 9.18. The normalized spacial score (nSPS) is 24.2. The fourth-order valence-corrected chi connectivity index (χ4v) is 3.32. The summed E-state index contributed by atoms with van der Waals surface area (Å²) in [4.78, 5) is 12.8. The molecule has 1 unspecified atom stereocenters. The van der Waals surface area contributed by atoms with Crippen molar-refractivity contribution >= 4 is 28.6 Å². The standard InChI is InChI=1S/C18H23N7O4/c19-10-3-1-9(2-4-10)5-6-21-18-23-15(20)12-16(24-18)25(8-22-12)17-14(28)13(27)11(7-26)29-17/h1-4,8,11,13-14,17,26-28H,5-7,19H2,(H3,20,21,23,24)/t11-,13-,14-,17?/m1/s1. The summed E-state index contributed by atoms with van der Waals surface area (Å²) in [5.74, 6) is 0.481. The van der Waals surface area contributed by atoms with E-state index in [2.05, 4.69) is 20.3 Å². The lowest BCUT2D eigenvalue weighted by Gasteiger charge is -2.16. The van der Waals surface area contributed by atoms with E-state index in [4.69, 9.17) is 16.2 Å². The third kappa shape index (κ3) is 3.68. The highest BCUT2D eigenvalue weighted by atomic mass is 16.6. The predicted octanol–water partition coefficient (Wildman–Crippen LogP) is -0.743. The number of ether oxygens (including phenoxy) is 1. The maximum absolute atomic E-state index is 10.3. The topological polar surface area (TPSA) is 178 Å². The number of rotatable bonds is 6. The van der Waals surface area contributed by atoms with Gasteiger partial charge in [-0.1, -0.05) is 12.1 Å². The van der Waals surface area contributed by atoms with Gasteiger partial charge in [-0.15, -0.1) is 0 Å². The second-order valence-electron chi connectivity index (χ2n) is 6.90. The van der Waals surface area contributed by atoms with Crippen molar-refractivity contribution in [2.75, 3.05) is 29.9 Å². The number of nitrogens with zero attached hydrogens (tertiary/aromatic N) is 4. The van der Waals surface area contributed by atoms with Gasteiger partial charge >= 0.3 is 0 Å². The number of fused-ring (bicyclic) bond motifs is 1. The van der Waals surface area contributed by atoms with Gasteiger partial charge in [-0.25, -0.2) is 4.98 Å². The number of nitrogen functional groups attached to an aromatic ring is 2. The molecule has 8 N–H and O–H groups in total. The molecule has 11 heteroatoms. The Labute approximate surface area is 166 Å². The van der Waals surface area contributed by atoms with Crippen molar-refractivity contribution in [2.45, 2.75) is 31.0 Å². The predicted molar refractivity (Wildman–Crippen MR) is 106 cm³/mol. The van der Waals surface area contributed by atoms with E-state index < -0.39 is 31.1 Å². The second-order valence-corrected chi connectivity index (χ2v) is 6.90. The summed E-state index contributed by atoms with van der Waals surface area (Å²) in [5, 5.41) is 32.7. The van der Waals surface area contributed by atoms with Crippen LogP contribution >= 0.6 is 0 Å². The Balaban J connectivity index is 1.54. The van der Waals surface area contributed by atoms with Gasteiger partial charge in [0.2, 0.25) is 5.95 Å².